The second-order valence-corrected chi connectivity index (χ2v) is 7.04. The molecule has 2 nitrogen and oxygen atoms in total. The summed E-state index contributed by atoms with van der Waals surface area (Å²) in [7, 11) is 0. The fourth-order valence-corrected chi connectivity index (χ4v) is 3.03. The van der Waals surface area contributed by atoms with Crippen LogP contribution in [0.2, 0.25) is 5.02 Å². The quantitative estimate of drug-likeness (QED) is 0.885. The van der Waals surface area contributed by atoms with Crippen molar-refractivity contribution in [3.63, 3.8) is 0 Å². The first-order chi connectivity index (χ1) is 9.32. The Morgan fingerprint density at radius 1 is 1.40 bits per heavy atom. The zero-order valence-electron chi connectivity index (χ0n) is 12.7. The minimum absolute atomic E-state index is 0.184. The van der Waals surface area contributed by atoms with Gasteiger partial charge >= 0.3 is 0 Å². The van der Waals surface area contributed by atoms with E-state index >= 15 is 0 Å². The van der Waals surface area contributed by atoms with Crippen molar-refractivity contribution in [2.45, 2.75) is 46.2 Å². The molecule has 0 radical (unpaired) electrons. The second kappa shape index (κ2) is 5.90. The fourth-order valence-electron chi connectivity index (χ4n) is 2.75. The maximum atomic E-state index is 13.2. The Balaban J connectivity index is 2.29. The normalized spacial score (nSPS) is 24.0. The first kappa shape index (κ1) is 15.6. The summed E-state index contributed by atoms with van der Waals surface area (Å²) in [4.78, 5) is 2.33. The van der Waals surface area contributed by atoms with Crippen LogP contribution in [0.4, 0.5) is 10.1 Å². The van der Waals surface area contributed by atoms with Crippen LogP contribution in [0.15, 0.2) is 18.2 Å². The predicted octanol–water partition coefficient (Wildman–Crippen LogP) is 4.08. The van der Waals surface area contributed by atoms with Gasteiger partial charge in [-0.05, 0) is 30.0 Å². The number of piperazine rings is 1. The Morgan fingerprint density at radius 3 is 2.65 bits per heavy atom. The van der Waals surface area contributed by atoms with E-state index < -0.39 is 0 Å². The van der Waals surface area contributed by atoms with Gasteiger partial charge in [-0.2, -0.15) is 0 Å². The third-order valence-electron chi connectivity index (χ3n) is 4.16. The van der Waals surface area contributed by atoms with Gasteiger partial charge in [0, 0.05) is 25.2 Å². The minimum Gasteiger partial charge on any atom is -0.364 e. The average Bonchev–Trinajstić information content (AvgIpc) is 2.37. The van der Waals surface area contributed by atoms with Gasteiger partial charge in [0.05, 0.1) is 10.7 Å². The fraction of sp³-hybridized carbons (Fsp3) is 0.625. The van der Waals surface area contributed by atoms with E-state index in [9.17, 15) is 4.39 Å². The molecule has 0 aromatic heterocycles. The Kier molecular flexibility index (Phi) is 4.60. The molecule has 112 valence electrons. The number of nitrogens with zero attached hydrogens (tertiary/aromatic N) is 1. The van der Waals surface area contributed by atoms with Gasteiger partial charge in [0.25, 0.3) is 0 Å². The Bertz CT molecular complexity index is 470. The van der Waals surface area contributed by atoms with E-state index in [1.54, 1.807) is 6.07 Å². The molecule has 20 heavy (non-hydrogen) atoms. The summed E-state index contributed by atoms with van der Waals surface area (Å²) in [5, 5.41) is 4.13. The standard InChI is InChI=1S/C16H24ClFN2/c1-5-12-9-19-15(16(2,3)4)10-20(12)14-7-6-11(18)8-13(14)17/h6-8,12,15,19H,5,9-10H2,1-4H3. The van der Waals surface area contributed by atoms with E-state index in [-0.39, 0.29) is 11.2 Å². The highest BCUT2D eigenvalue weighted by Crippen LogP contribution is 2.32. The van der Waals surface area contributed by atoms with E-state index in [0.29, 0.717) is 17.1 Å². The molecular formula is C16H24ClFN2. The highest BCUT2D eigenvalue weighted by Gasteiger charge is 2.34. The summed E-state index contributed by atoms with van der Waals surface area (Å²) in [5.41, 5.74) is 1.12. The lowest BCUT2D eigenvalue weighted by atomic mass is 9.84. The highest BCUT2D eigenvalue weighted by molar-refractivity contribution is 6.33. The SMILES string of the molecule is CCC1CNC(C(C)(C)C)CN1c1ccc(F)cc1Cl. The van der Waals surface area contributed by atoms with Gasteiger partial charge in [-0.3, -0.25) is 0 Å². The zero-order chi connectivity index (χ0) is 14.9. The van der Waals surface area contributed by atoms with Crippen LogP contribution in [0.3, 0.4) is 0 Å². The second-order valence-electron chi connectivity index (χ2n) is 6.64. The maximum Gasteiger partial charge on any atom is 0.124 e. The molecule has 2 atom stereocenters. The van der Waals surface area contributed by atoms with Crippen LogP contribution in [-0.4, -0.2) is 25.2 Å². The number of hydrogen-bond acceptors (Lipinski definition) is 2. The monoisotopic (exact) mass is 298 g/mol. The molecule has 1 saturated heterocycles. The van der Waals surface area contributed by atoms with Gasteiger partial charge in [0.15, 0.2) is 0 Å². The summed E-state index contributed by atoms with van der Waals surface area (Å²) in [5.74, 6) is -0.283. The number of anilines is 1. The lowest BCUT2D eigenvalue weighted by molar-refractivity contribution is 0.233. The molecule has 1 aromatic carbocycles. The van der Waals surface area contributed by atoms with Crippen molar-refractivity contribution in [1.82, 2.24) is 5.32 Å². The summed E-state index contributed by atoms with van der Waals surface area (Å²) in [6.45, 7) is 10.7. The van der Waals surface area contributed by atoms with Crippen LogP contribution in [0.25, 0.3) is 0 Å². The van der Waals surface area contributed by atoms with Gasteiger partial charge in [0.2, 0.25) is 0 Å². The molecule has 2 rings (SSSR count). The van der Waals surface area contributed by atoms with Crippen molar-refractivity contribution in [3.05, 3.63) is 29.0 Å². The molecule has 1 fully saturated rings. The third kappa shape index (κ3) is 3.26. The number of nitrogens with one attached hydrogen (secondary N) is 1. The summed E-state index contributed by atoms with van der Waals surface area (Å²) >= 11 is 6.25. The largest absolute Gasteiger partial charge is 0.364 e. The zero-order valence-corrected chi connectivity index (χ0v) is 13.5. The van der Waals surface area contributed by atoms with Gasteiger partial charge in [-0.1, -0.05) is 39.3 Å². The summed E-state index contributed by atoms with van der Waals surface area (Å²) in [6, 6.07) is 5.48. The topological polar surface area (TPSA) is 15.3 Å². The summed E-state index contributed by atoms with van der Waals surface area (Å²) < 4.78 is 13.2. The smallest absolute Gasteiger partial charge is 0.124 e. The first-order valence-electron chi connectivity index (χ1n) is 7.28. The van der Waals surface area contributed by atoms with E-state index in [1.807, 2.05) is 0 Å². The molecule has 0 aliphatic carbocycles. The van der Waals surface area contributed by atoms with Crippen molar-refractivity contribution >= 4 is 17.3 Å². The van der Waals surface area contributed by atoms with E-state index in [1.165, 1.54) is 12.1 Å². The Hall–Kier alpha value is -0.800. The third-order valence-corrected chi connectivity index (χ3v) is 4.46. The van der Waals surface area contributed by atoms with Gasteiger partial charge in [-0.25, -0.2) is 4.39 Å². The van der Waals surface area contributed by atoms with Gasteiger partial charge < -0.3 is 10.2 Å². The molecule has 1 aliphatic heterocycles. The first-order valence-corrected chi connectivity index (χ1v) is 7.65. The van der Waals surface area contributed by atoms with Crippen molar-refractivity contribution in [1.29, 1.82) is 0 Å². The van der Waals surface area contributed by atoms with Crippen LogP contribution in [0, 0.1) is 11.2 Å². The number of hydrogen-bond donors (Lipinski definition) is 1. The van der Waals surface area contributed by atoms with Crippen molar-refractivity contribution in [2.75, 3.05) is 18.0 Å². The maximum absolute atomic E-state index is 13.2. The lowest BCUT2D eigenvalue weighted by Crippen LogP contribution is -2.60. The molecule has 2 unspecified atom stereocenters. The number of halogens is 2. The molecule has 0 bridgehead atoms. The lowest BCUT2D eigenvalue weighted by Gasteiger charge is -2.46. The van der Waals surface area contributed by atoms with E-state index in [4.69, 9.17) is 11.6 Å². The minimum atomic E-state index is -0.283. The van der Waals surface area contributed by atoms with E-state index in [0.717, 1.165) is 25.2 Å². The number of rotatable bonds is 2. The Morgan fingerprint density at radius 2 is 2.10 bits per heavy atom. The molecule has 0 amide bonds. The number of benzene rings is 1. The van der Waals surface area contributed by atoms with Crippen LogP contribution in [0.1, 0.15) is 34.1 Å². The van der Waals surface area contributed by atoms with Crippen LogP contribution in [-0.2, 0) is 0 Å². The summed E-state index contributed by atoms with van der Waals surface area (Å²) in [6.07, 6.45) is 1.04. The van der Waals surface area contributed by atoms with Crippen molar-refractivity contribution < 1.29 is 4.39 Å². The molecule has 1 aromatic rings. The molecule has 1 N–H and O–H groups in total. The van der Waals surface area contributed by atoms with Crippen LogP contribution >= 0.6 is 11.6 Å². The molecule has 4 heteroatoms. The highest BCUT2D eigenvalue weighted by atomic mass is 35.5. The van der Waals surface area contributed by atoms with Crippen molar-refractivity contribution in [3.8, 4) is 0 Å². The van der Waals surface area contributed by atoms with E-state index in [2.05, 4.69) is 37.9 Å². The van der Waals surface area contributed by atoms with Crippen molar-refractivity contribution in [2.24, 2.45) is 5.41 Å². The predicted molar refractivity (Wildman–Crippen MR) is 84.1 cm³/mol. The average molecular weight is 299 g/mol. The molecular weight excluding hydrogens is 275 g/mol. The molecule has 0 spiro atoms. The van der Waals surface area contributed by atoms with Gasteiger partial charge in [0.1, 0.15) is 5.82 Å². The van der Waals surface area contributed by atoms with Crippen LogP contribution in [0.5, 0.6) is 0 Å². The van der Waals surface area contributed by atoms with Crippen LogP contribution < -0.4 is 10.2 Å². The molecule has 1 aliphatic rings. The Labute approximate surface area is 126 Å². The molecule has 0 saturated carbocycles. The molecule has 1 heterocycles. The van der Waals surface area contributed by atoms with Gasteiger partial charge in [-0.15, -0.1) is 0 Å².